The van der Waals surface area contributed by atoms with Gasteiger partial charge in [0.1, 0.15) is 22.0 Å². The number of thiazole rings is 1. The van der Waals surface area contributed by atoms with Gasteiger partial charge in [0.05, 0.1) is 28.8 Å². The van der Waals surface area contributed by atoms with E-state index in [0.717, 1.165) is 75.8 Å². The van der Waals surface area contributed by atoms with Crippen LogP contribution >= 0.6 is 11.3 Å². The van der Waals surface area contributed by atoms with Gasteiger partial charge < -0.3 is 18.9 Å². The zero-order chi connectivity index (χ0) is 30.9. The van der Waals surface area contributed by atoms with Gasteiger partial charge in [-0.05, 0) is 89.6 Å². The lowest BCUT2D eigenvalue weighted by Gasteiger charge is -2.36. The number of hydrogen-bond donors (Lipinski definition) is 1. The predicted molar refractivity (Wildman–Crippen MR) is 163 cm³/mol. The number of benzene rings is 1. The Morgan fingerprint density at radius 1 is 1.07 bits per heavy atom. The summed E-state index contributed by atoms with van der Waals surface area (Å²) in [4.78, 5) is 26.1. The molecule has 0 unspecified atom stereocenters. The summed E-state index contributed by atoms with van der Waals surface area (Å²) in [6.45, 7) is 7.29. The molecular formula is C33H33F2N5O3S. The molecule has 228 valence electrons. The number of nitrogens with zero attached hydrogens (tertiary/aromatic N) is 5. The van der Waals surface area contributed by atoms with Gasteiger partial charge in [0.2, 0.25) is 5.91 Å². The molecule has 1 aromatic carbocycles. The standard InChI is InChI=1S/C33H33F2N5O3S/c1-17-29(18(2)43-38-17)19-12-13-39-27(15-19)37-30(25-6-5-7-28(41)40(25)21-9-10-22(34)23(35)16-21)31(39)20-8-11-24-26(14-20)44-32(36-24)33(3,4)42/h9-10,12-13,15-16,20,25,42H,5-8,11,14H2,1-4H3/t20-,25+/m1/s1. The van der Waals surface area contributed by atoms with Crippen LogP contribution in [0.2, 0.25) is 0 Å². The molecule has 1 aliphatic heterocycles. The Bertz CT molecular complexity index is 1900. The Balaban J connectivity index is 1.39. The highest BCUT2D eigenvalue weighted by Crippen LogP contribution is 2.44. The molecule has 0 spiro atoms. The molecule has 4 aromatic heterocycles. The number of rotatable bonds is 5. The third-order valence-electron chi connectivity index (χ3n) is 8.81. The van der Waals surface area contributed by atoms with Crippen LogP contribution in [-0.2, 0) is 23.2 Å². The van der Waals surface area contributed by atoms with Crippen LogP contribution in [0.15, 0.2) is 41.1 Å². The largest absolute Gasteiger partial charge is 0.383 e. The van der Waals surface area contributed by atoms with E-state index in [4.69, 9.17) is 14.5 Å². The second-order valence-electron chi connectivity index (χ2n) is 12.4. The van der Waals surface area contributed by atoms with E-state index in [1.54, 1.807) is 30.1 Å². The Hall–Kier alpha value is -3.96. The van der Waals surface area contributed by atoms with E-state index < -0.39 is 23.3 Å². The third-order valence-corrected chi connectivity index (χ3v) is 10.2. The number of amides is 1. The lowest BCUT2D eigenvalue weighted by molar-refractivity contribution is -0.120. The molecule has 1 fully saturated rings. The molecule has 8 nitrogen and oxygen atoms in total. The first kappa shape index (κ1) is 28.8. The van der Waals surface area contributed by atoms with Crippen LogP contribution in [0.1, 0.15) is 89.9 Å². The fourth-order valence-electron chi connectivity index (χ4n) is 6.74. The zero-order valence-electron chi connectivity index (χ0n) is 25.0. The van der Waals surface area contributed by atoms with E-state index in [0.29, 0.717) is 35.7 Å². The van der Waals surface area contributed by atoms with Crippen molar-refractivity contribution in [1.29, 1.82) is 0 Å². The molecule has 2 aliphatic rings. The lowest BCUT2D eigenvalue weighted by atomic mass is 9.85. The van der Waals surface area contributed by atoms with Crippen molar-refractivity contribution in [3.8, 4) is 11.1 Å². The molecule has 7 rings (SSSR count). The summed E-state index contributed by atoms with van der Waals surface area (Å²) in [7, 11) is 0. The minimum absolute atomic E-state index is 0.0661. The minimum Gasteiger partial charge on any atom is -0.383 e. The van der Waals surface area contributed by atoms with Crippen molar-refractivity contribution in [3.05, 3.63) is 86.6 Å². The molecule has 44 heavy (non-hydrogen) atoms. The average molecular weight is 618 g/mol. The molecule has 1 saturated heterocycles. The molecular weight excluding hydrogens is 584 g/mol. The van der Waals surface area contributed by atoms with Gasteiger partial charge in [-0.1, -0.05) is 5.16 Å². The van der Waals surface area contributed by atoms with Crippen LogP contribution in [0.3, 0.4) is 0 Å². The summed E-state index contributed by atoms with van der Waals surface area (Å²) in [5, 5.41) is 15.4. The van der Waals surface area contributed by atoms with E-state index in [2.05, 4.69) is 9.56 Å². The van der Waals surface area contributed by atoms with Crippen molar-refractivity contribution in [2.24, 2.45) is 0 Å². The van der Waals surface area contributed by atoms with Gasteiger partial charge in [0.15, 0.2) is 11.6 Å². The van der Waals surface area contributed by atoms with E-state index >= 15 is 0 Å². The van der Waals surface area contributed by atoms with Crippen LogP contribution in [0, 0.1) is 25.5 Å². The van der Waals surface area contributed by atoms with Gasteiger partial charge in [0, 0.05) is 40.7 Å². The fourth-order valence-corrected chi connectivity index (χ4v) is 7.93. The second kappa shape index (κ2) is 10.6. The third kappa shape index (κ3) is 4.82. The zero-order valence-corrected chi connectivity index (χ0v) is 25.8. The van der Waals surface area contributed by atoms with Crippen molar-refractivity contribution in [2.75, 3.05) is 4.90 Å². The molecule has 0 saturated carbocycles. The number of aryl methyl sites for hydroxylation is 3. The molecule has 1 aliphatic carbocycles. The number of pyridine rings is 1. The number of hydrogen-bond acceptors (Lipinski definition) is 7. The molecule has 2 atom stereocenters. The smallest absolute Gasteiger partial charge is 0.227 e. The Morgan fingerprint density at radius 2 is 1.89 bits per heavy atom. The van der Waals surface area contributed by atoms with Gasteiger partial charge in [-0.15, -0.1) is 11.3 Å². The van der Waals surface area contributed by atoms with E-state index in [1.165, 1.54) is 6.07 Å². The number of piperidine rings is 1. The topological polar surface area (TPSA) is 96.8 Å². The lowest BCUT2D eigenvalue weighted by Crippen LogP contribution is -2.39. The van der Waals surface area contributed by atoms with E-state index in [-0.39, 0.29) is 11.8 Å². The van der Waals surface area contributed by atoms with Crippen molar-refractivity contribution in [3.63, 3.8) is 0 Å². The highest BCUT2D eigenvalue weighted by Gasteiger charge is 2.38. The molecule has 11 heteroatoms. The molecule has 5 heterocycles. The number of carbonyl (C=O) groups excluding carboxylic acids is 1. The number of anilines is 1. The van der Waals surface area contributed by atoms with E-state index in [1.807, 2.05) is 32.2 Å². The number of imidazole rings is 1. The summed E-state index contributed by atoms with van der Waals surface area (Å²) < 4.78 is 35.9. The highest BCUT2D eigenvalue weighted by atomic mass is 32.1. The number of aromatic nitrogens is 4. The summed E-state index contributed by atoms with van der Waals surface area (Å²) in [5.74, 6) is -1.31. The quantitative estimate of drug-likeness (QED) is 0.226. The maximum atomic E-state index is 14.4. The van der Waals surface area contributed by atoms with Crippen LogP contribution in [-0.4, -0.2) is 30.5 Å². The Kier molecular flexibility index (Phi) is 6.93. The molecule has 0 radical (unpaired) electrons. The van der Waals surface area contributed by atoms with Crippen molar-refractivity contribution < 1.29 is 23.2 Å². The molecule has 0 bridgehead atoms. The first-order valence-corrected chi connectivity index (χ1v) is 15.7. The maximum Gasteiger partial charge on any atom is 0.227 e. The van der Waals surface area contributed by atoms with Crippen LogP contribution < -0.4 is 4.90 Å². The van der Waals surface area contributed by atoms with Gasteiger partial charge in [-0.2, -0.15) is 0 Å². The van der Waals surface area contributed by atoms with Gasteiger partial charge in [-0.25, -0.2) is 18.7 Å². The predicted octanol–water partition coefficient (Wildman–Crippen LogP) is 7.10. The average Bonchev–Trinajstić information content (AvgIpc) is 3.68. The Morgan fingerprint density at radius 3 is 2.61 bits per heavy atom. The SMILES string of the molecule is Cc1noc(C)c1-c1ccn2c([C@@H]3CCc4nc(C(C)(C)O)sc4C3)c([C@@H]3CCCC(=O)N3c3ccc(F)c(F)c3)nc2c1. The van der Waals surface area contributed by atoms with Crippen LogP contribution in [0.4, 0.5) is 14.5 Å². The van der Waals surface area contributed by atoms with Crippen LogP contribution in [0.25, 0.3) is 16.8 Å². The minimum atomic E-state index is -1.02. The fraction of sp³-hybridized carbons (Fsp3) is 0.394. The summed E-state index contributed by atoms with van der Waals surface area (Å²) in [6, 6.07) is 7.21. The normalized spacial score (nSPS) is 19.2. The van der Waals surface area contributed by atoms with Crippen LogP contribution in [0.5, 0.6) is 0 Å². The second-order valence-corrected chi connectivity index (χ2v) is 13.5. The van der Waals surface area contributed by atoms with E-state index in [9.17, 15) is 18.7 Å². The summed E-state index contributed by atoms with van der Waals surface area (Å²) in [5.41, 5.74) is 5.45. The van der Waals surface area contributed by atoms with Crippen molar-refractivity contribution in [2.45, 2.75) is 83.8 Å². The van der Waals surface area contributed by atoms with Crippen molar-refractivity contribution >= 4 is 28.6 Å². The van der Waals surface area contributed by atoms with Gasteiger partial charge in [-0.3, -0.25) is 4.79 Å². The summed E-state index contributed by atoms with van der Waals surface area (Å²) >= 11 is 1.54. The number of halogens is 2. The highest BCUT2D eigenvalue weighted by molar-refractivity contribution is 7.11. The first-order valence-electron chi connectivity index (χ1n) is 14.9. The maximum absolute atomic E-state index is 14.4. The molecule has 1 amide bonds. The number of fused-ring (bicyclic) bond motifs is 2. The molecule has 5 aromatic rings. The number of carbonyl (C=O) groups is 1. The summed E-state index contributed by atoms with van der Waals surface area (Å²) in [6.07, 6.45) is 5.94. The Labute approximate surface area is 257 Å². The van der Waals surface area contributed by atoms with Crippen molar-refractivity contribution in [1.82, 2.24) is 19.5 Å². The first-order chi connectivity index (χ1) is 21.0. The van der Waals surface area contributed by atoms with Gasteiger partial charge in [0.25, 0.3) is 0 Å². The number of aliphatic hydroxyl groups is 1. The monoisotopic (exact) mass is 617 g/mol. The molecule has 1 N–H and O–H groups in total. The van der Waals surface area contributed by atoms with Gasteiger partial charge >= 0.3 is 0 Å².